The van der Waals surface area contributed by atoms with Gasteiger partial charge in [0, 0.05) is 6.54 Å². The van der Waals surface area contributed by atoms with Crippen molar-refractivity contribution in [2.24, 2.45) is 0 Å². The summed E-state index contributed by atoms with van der Waals surface area (Å²) < 4.78 is 7.61. The average molecular weight is 257 g/mol. The topological polar surface area (TPSA) is 75.1 Å². The van der Waals surface area contributed by atoms with Gasteiger partial charge in [-0.05, 0) is 12.8 Å². The second-order valence-electron chi connectivity index (χ2n) is 4.20. The molecular formula is C11H19N3O2S. The standard InChI is InChI=1S/C11H19N3O2S/c1-3-5-11(16,6-4-2)8-12-10(15)9-7-13-17-14-9/h7,16H,3-6,8H2,1-2H3,(H,12,15). The first-order chi connectivity index (χ1) is 8.11. The predicted molar refractivity (Wildman–Crippen MR) is 67.0 cm³/mol. The van der Waals surface area contributed by atoms with Crippen LogP contribution in [0.5, 0.6) is 0 Å². The quantitative estimate of drug-likeness (QED) is 0.778. The number of carbonyl (C=O) groups excluding carboxylic acids is 1. The molecule has 0 aliphatic carbocycles. The van der Waals surface area contributed by atoms with Gasteiger partial charge in [0.05, 0.1) is 23.5 Å². The number of rotatable bonds is 7. The van der Waals surface area contributed by atoms with Crippen LogP contribution in [0.25, 0.3) is 0 Å². The molecule has 1 aromatic heterocycles. The Kier molecular flexibility index (Phi) is 5.50. The van der Waals surface area contributed by atoms with Crippen LogP contribution < -0.4 is 5.32 Å². The molecule has 0 radical (unpaired) electrons. The molecule has 0 bridgehead atoms. The highest BCUT2D eigenvalue weighted by molar-refractivity contribution is 6.99. The number of hydrogen-bond donors (Lipinski definition) is 2. The number of hydrogen-bond acceptors (Lipinski definition) is 5. The van der Waals surface area contributed by atoms with E-state index in [1.54, 1.807) is 0 Å². The minimum atomic E-state index is -0.803. The summed E-state index contributed by atoms with van der Waals surface area (Å²) in [6.07, 6.45) is 4.60. The van der Waals surface area contributed by atoms with Crippen LogP contribution in [-0.2, 0) is 0 Å². The highest BCUT2D eigenvalue weighted by Gasteiger charge is 2.25. The zero-order chi connectivity index (χ0) is 12.7. The third-order valence-electron chi connectivity index (χ3n) is 2.60. The van der Waals surface area contributed by atoms with Crippen LogP contribution in [0.2, 0.25) is 0 Å². The van der Waals surface area contributed by atoms with E-state index in [4.69, 9.17) is 0 Å². The van der Waals surface area contributed by atoms with E-state index < -0.39 is 5.60 Å². The largest absolute Gasteiger partial charge is 0.388 e. The molecule has 5 nitrogen and oxygen atoms in total. The Morgan fingerprint density at radius 2 is 2.12 bits per heavy atom. The molecule has 1 amide bonds. The fourth-order valence-corrected chi connectivity index (χ4v) is 2.24. The molecule has 0 saturated heterocycles. The summed E-state index contributed by atoms with van der Waals surface area (Å²) in [7, 11) is 0. The van der Waals surface area contributed by atoms with E-state index in [0.717, 1.165) is 24.6 Å². The molecule has 1 aromatic rings. The van der Waals surface area contributed by atoms with Crippen LogP contribution in [0.3, 0.4) is 0 Å². The number of carbonyl (C=O) groups is 1. The number of aliphatic hydroxyl groups is 1. The summed E-state index contributed by atoms with van der Waals surface area (Å²) in [5.74, 6) is -0.274. The number of amides is 1. The molecule has 1 rings (SSSR count). The van der Waals surface area contributed by atoms with Gasteiger partial charge in [0.15, 0.2) is 5.69 Å². The van der Waals surface area contributed by atoms with Gasteiger partial charge >= 0.3 is 0 Å². The van der Waals surface area contributed by atoms with Crippen LogP contribution in [0.4, 0.5) is 0 Å². The zero-order valence-electron chi connectivity index (χ0n) is 10.3. The first-order valence-electron chi connectivity index (χ1n) is 5.89. The highest BCUT2D eigenvalue weighted by atomic mass is 32.1. The van der Waals surface area contributed by atoms with Crippen molar-refractivity contribution in [2.75, 3.05) is 6.54 Å². The van der Waals surface area contributed by atoms with Gasteiger partial charge in [0.25, 0.3) is 5.91 Å². The van der Waals surface area contributed by atoms with E-state index in [9.17, 15) is 9.90 Å². The molecule has 0 atom stereocenters. The summed E-state index contributed by atoms with van der Waals surface area (Å²) >= 11 is 0.998. The van der Waals surface area contributed by atoms with E-state index in [2.05, 4.69) is 14.1 Å². The third kappa shape index (κ3) is 4.40. The molecule has 0 aromatic carbocycles. The lowest BCUT2D eigenvalue weighted by Crippen LogP contribution is -2.42. The van der Waals surface area contributed by atoms with Gasteiger partial charge in [-0.3, -0.25) is 4.79 Å². The molecule has 0 aliphatic heterocycles. The molecule has 2 N–H and O–H groups in total. The van der Waals surface area contributed by atoms with E-state index >= 15 is 0 Å². The van der Waals surface area contributed by atoms with Crippen LogP contribution in [0.1, 0.15) is 50.0 Å². The van der Waals surface area contributed by atoms with Crippen molar-refractivity contribution in [3.63, 3.8) is 0 Å². The van der Waals surface area contributed by atoms with Gasteiger partial charge in [-0.15, -0.1) is 0 Å². The maximum Gasteiger partial charge on any atom is 0.272 e. The number of nitrogens with zero attached hydrogens (tertiary/aromatic N) is 2. The Bertz CT molecular complexity index is 334. The lowest BCUT2D eigenvalue weighted by atomic mass is 9.92. The minimum absolute atomic E-state index is 0.269. The van der Waals surface area contributed by atoms with E-state index in [1.807, 2.05) is 13.8 Å². The minimum Gasteiger partial charge on any atom is -0.388 e. The van der Waals surface area contributed by atoms with Crippen LogP contribution >= 0.6 is 11.7 Å². The maximum absolute atomic E-state index is 11.6. The first kappa shape index (κ1) is 14.1. The van der Waals surface area contributed by atoms with Gasteiger partial charge in [-0.1, -0.05) is 26.7 Å². The lowest BCUT2D eigenvalue weighted by Gasteiger charge is -2.27. The monoisotopic (exact) mass is 257 g/mol. The smallest absolute Gasteiger partial charge is 0.272 e. The molecular weight excluding hydrogens is 238 g/mol. The second kappa shape index (κ2) is 6.66. The zero-order valence-corrected chi connectivity index (χ0v) is 11.1. The molecule has 0 aliphatic rings. The number of aromatic nitrogens is 2. The molecule has 0 spiro atoms. The normalized spacial score (nSPS) is 11.5. The molecule has 96 valence electrons. The van der Waals surface area contributed by atoms with Gasteiger partial charge in [0.2, 0.25) is 0 Å². The molecule has 0 saturated carbocycles. The summed E-state index contributed by atoms with van der Waals surface area (Å²) in [6.45, 7) is 4.31. The summed E-state index contributed by atoms with van der Waals surface area (Å²) in [4.78, 5) is 11.6. The van der Waals surface area contributed by atoms with Crippen LogP contribution in [-0.4, -0.2) is 31.9 Å². The van der Waals surface area contributed by atoms with Crippen molar-refractivity contribution in [2.45, 2.75) is 45.1 Å². The third-order valence-corrected chi connectivity index (χ3v) is 3.08. The molecule has 6 heteroatoms. The van der Waals surface area contributed by atoms with Crippen molar-refractivity contribution < 1.29 is 9.90 Å². The molecule has 17 heavy (non-hydrogen) atoms. The molecule has 1 heterocycles. The Morgan fingerprint density at radius 3 is 2.59 bits per heavy atom. The van der Waals surface area contributed by atoms with Crippen molar-refractivity contribution in [1.29, 1.82) is 0 Å². The Balaban J connectivity index is 2.49. The Labute approximate surface area is 106 Å². The fourth-order valence-electron chi connectivity index (χ4n) is 1.83. The van der Waals surface area contributed by atoms with Crippen LogP contribution in [0, 0.1) is 0 Å². The highest BCUT2D eigenvalue weighted by Crippen LogP contribution is 2.18. The summed E-state index contributed by atoms with van der Waals surface area (Å²) in [6, 6.07) is 0. The van der Waals surface area contributed by atoms with E-state index in [0.29, 0.717) is 18.5 Å². The molecule has 0 fully saturated rings. The van der Waals surface area contributed by atoms with Gasteiger partial charge < -0.3 is 10.4 Å². The maximum atomic E-state index is 11.6. The Morgan fingerprint density at radius 1 is 1.47 bits per heavy atom. The van der Waals surface area contributed by atoms with E-state index in [-0.39, 0.29) is 12.5 Å². The number of nitrogens with one attached hydrogen (secondary N) is 1. The van der Waals surface area contributed by atoms with Crippen LogP contribution in [0.15, 0.2) is 6.20 Å². The lowest BCUT2D eigenvalue weighted by molar-refractivity contribution is 0.0212. The second-order valence-corrected chi connectivity index (χ2v) is 4.76. The van der Waals surface area contributed by atoms with Gasteiger partial charge in [-0.25, -0.2) is 0 Å². The average Bonchev–Trinajstić information content (AvgIpc) is 2.80. The first-order valence-corrected chi connectivity index (χ1v) is 6.62. The van der Waals surface area contributed by atoms with E-state index in [1.165, 1.54) is 6.20 Å². The summed E-state index contributed by atoms with van der Waals surface area (Å²) in [5, 5.41) is 13.0. The van der Waals surface area contributed by atoms with Crippen molar-refractivity contribution >= 4 is 17.6 Å². The van der Waals surface area contributed by atoms with Crippen molar-refractivity contribution in [3.05, 3.63) is 11.9 Å². The van der Waals surface area contributed by atoms with Crippen molar-refractivity contribution in [1.82, 2.24) is 14.1 Å². The fraction of sp³-hybridized carbons (Fsp3) is 0.727. The van der Waals surface area contributed by atoms with Gasteiger partial charge in [0.1, 0.15) is 0 Å². The summed E-state index contributed by atoms with van der Waals surface area (Å²) in [5.41, 5.74) is -0.492. The Hall–Kier alpha value is -1.01. The molecule has 0 unspecified atom stereocenters. The van der Waals surface area contributed by atoms with Gasteiger partial charge in [-0.2, -0.15) is 8.75 Å². The van der Waals surface area contributed by atoms with Crippen molar-refractivity contribution in [3.8, 4) is 0 Å². The SMILES string of the molecule is CCCC(O)(CCC)CNC(=O)c1cnsn1. The predicted octanol–water partition coefficient (Wildman–Crippen LogP) is 1.60.